The van der Waals surface area contributed by atoms with Gasteiger partial charge in [-0.05, 0) is 24.3 Å². The van der Waals surface area contributed by atoms with Crippen LogP contribution in [0.5, 0.6) is 0 Å². The van der Waals surface area contributed by atoms with Gasteiger partial charge in [-0.2, -0.15) is 0 Å². The Hall–Kier alpha value is -1.12. The van der Waals surface area contributed by atoms with Gasteiger partial charge >= 0.3 is 5.97 Å². The zero-order valence-electron chi connectivity index (χ0n) is 9.55. The lowest BCUT2D eigenvalue weighted by atomic mass is 9.68. The summed E-state index contributed by atoms with van der Waals surface area (Å²) < 4.78 is 25.5. The lowest BCUT2D eigenvalue weighted by Crippen LogP contribution is -2.52. The first-order chi connectivity index (χ1) is 8.79. The highest BCUT2D eigenvalue weighted by Crippen LogP contribution is 2.42. The second-order valence-corrected chi connectivity index (χ2v) is 7.43. The van der Waals surface area contributed by atoms with E-state index in [0.717, 1.165) is 11.3 Å². The van der Waals surface area contributed by atoms with Crippen molar-refractivity contribution in [2.75, 3.05) is 0 Å². The van der Waals surface area contributed by atoms with Gasteiger partial charge in [-0.25, -0.2) is 13.1 Å². The lowest BCUT2D eigenvalue weighted by molar-refractivity contribution is -0.161. The quantitative estimate of drug-likeness (QED) is 0.817. The topological polar surface area (TPSA) is 101 Å². The van der Waals surface area contributed by atoms with Crippen LogP contribution in [-0.2, 0) is 19.6 Å². The van der Waals surface area contributed by atoms with Gasteiger partial charge in [0.25, 0.3) is 15.9 Å². The highest BCUT2D eigenvalue weighted by Gasteiger charge is 2.52. The van der Waals surface area contributed by atoms with Gasteiger partial charge in [-0.15, -0.1) is 11.3 Å². The molecule has 0 radical (unpaired) electrons. The molecule has 1 aromatic rings. The number of aliphatic carboxylic acids is 1. The Bertz CT molecular complexity index is 632. The maximum Gasteiger partial charge on any atom is 0.319 e. The maximum atomic E-state index is 11.9. The number of hydrogen-bond acceptors (Lipinski definition) is 5. The predicted molar refractivity (Wildman–Crippen MR) is 68.6 cm³/mol. The monoisotopic (exact) mass is 323 g/mol. The summed E-state index contributed by atoms with van der Waals surface area (Å²) in [6.45, 7) is 0. The number of rotatable bonds is 4. The average molecular weight is 324 g/mol. The first kappa shape index (κ1) is 14.3. The molecule has 19 heavy (non-hydrogen) atoms. The number of sulfonamides is 1. The van der Waals surface area contributed by atoms with Crippen LogP contribution in [0.25, 0.3) is 0 Å². The van der Waals surface area contributed by atoms with Crippen LogP contribution in [-0.4, -0.2) is 25.4 Å². The van der Waals surface area contributed by atoms with Gasteiger partial charge in [0.2, 0.25) is 0 Å². The fraction of sp³-hybridized carbons (Fsp3) is 0.400. The van der Waals surface area contributed by atoms with Gasteiger partial charge in [0, 0.05) is 0 Å². The van der Waals surface area contributed by atoms with Crippen molar-refractivity contribution in [3.05, 3.63) is 16.5 Å². The van der Waals surface area contributed by atoms with E-state index in [0.29, 0.717) is 6.42 Å². The Kier molecular flexibility index (Phi) is 3.59. The third-order valence-electron chi connectivity index (χ3n) is 3.11. The largest absolute Gasteiger partial charge is 0.480 e. The summed E-state index contributed by atoms with van der Waals surface area (Å²) in [6.07, 6.45) is 0.864. The van der Waals surface area contributed by atoms with E-state index in [1.807, 2.05) is 0 Å². The molecule has 0 aromatic carbocycles. The standard InChI is InChI=1S/C10H10ClNO5S2/c11-6-2-5-18-7(6)19(16,17)12-8(13)10(9(14)15)3-1-4-10/h2,5H,1,3-4H2,(H,12,13)(H,14,15). The van der Waals surface area contributed by atoms with Gasteiger partial charge in [0.1, 0.15) is 5.41 Å². The third-order valence-corrected chi connectivity index (χ3v) is 6.46. The molecule has 1 aromatic heterocycles. The summed E-state index contributed by atoms with van der Waals surface area (Å²) in [6, 6.07) is 1.39. The van der Waals surface area contributed by atoms with E-state index in [1.54, 1.807) is 4.72 Å². The van der Waals surface area contributed by atoms with Crippen molar-refractivity contribution < 1.29 is 23.1 Å². The summed E-state index contributed by atoms with van der Waals surface area (Å²) in [5, 5.41) is 10.5. The molecule has 9 heteroatoms. The zero-order chi connectivity index (χ0) is 14.3. The molecule has 0 aliphatic heterocycles. The van der Waals surface area contributed by atoms with Crippen LogP contribution >= 0.6 is 22.9 Å². The molecule has 0 spiro atoms. The van der Waals surface area contributed by atoms with E-state index >= 15 is 0 Å². The molecule has 1 heterocycles. The van der Waals surface area contributed by atoms with Crippen LogP contribution in [0.3, 0.4) is 0 Å². The van der Waals surface area contributed by atoms with Gasteiger partial charge in [-0.3, -0.25) is 9.59 Å². The molecule has 2 rings (SSSR count). The molecule has 6 nitrogen and oxygen atoms in total. The second kappa shape index (κ2) is 4.77. The van der Waals surface area contributed by atoms with E-state index < -0.39 is 27.3 Å². The molecule has 1 aliphatic carbocycles. The van der Waals surface area contributed by atoms with Crippen molar-refractivity contribution in [2.45, 2.75) is 23.5 Å². The van der Waals surface area contributed by atoms with E-state index in [1.165, 1.54) is 11.4 Å². The Balaban J connectivity index is 2.24. The molecule has 1 amide bonds. The Morgan fingerprint density at radius 1 is 1.42 bits per heavy atom. The van der Waals surface area contributed by atoms with E-state index in [2.05, 4.69) is 0 Å². The van der Waals surface area contributed by atoms with Crippen LogP contribution in [0, 0.1) is 5.41 Å². The van der Waals surface area contributed by atoms with Crippen LogP contribution in [0.4, 0.5) is 0 Å². The minimum absolute atomic E-state index is 0.00304. The molecule has 1 aliphatic rings. The summed E-state index contributed by atoms with van der Waals surface area (Å²) in [5.74, 6) is -2.31. The van der Waals surface area contributed by atoms with Crippen LogP contribution in [0.15, 0.2) is 15.7 Å². The highest BCUT2D eigenvalue weighted by atomic mass is 35.5. The number of amides is 1. The fourth-order valence-electron chi connectivity index (χ4n) is 1.81. The first-order valence-electron chi connectivity index (χ1n) is 5.33. The first-order valence-corrected chi connectivity index (χ1v) is 8.07. The van der Waals surface area contributed by atoms with Gasteiger partial charge < -0.3 is 5.11 Å². The molecule has 1 fully saturated rings. The number of carbonyl (C=O) groups excluding carboxylic acids is 1. The lowest BCUT2D eigenvalue weighted by Gasteiger charge is -2.35. The number of hydrogen-bond donors (Lipinski definition) is 2. The number of thiophene rings is 1. The number of carboxylic acids is 1. The van der Waals surface area contributed by atoms with Crippen molar-refractivity contribution in [3.63, 3.8) is 0 Å². The highest BCUT2D eigenvalue weighted by molar-refractivity contribution is 7.92. The van der Waals surface area contributed by atoms with Crippen LogP contribution in [0.1, 0.15) is 19.3 Å². The van der Waals surface area contributed by atoms with Crippen molar-refractivity contribution in [1.82, 2.24) is 4.72 Å². The second-order valence-electron chi connectivity index (χ2n) is 4.23. The molecule has 0 unspecified atom stereocenters. The SMILES string of the molecule is O=C(O)C1(C(=O)NS(=O)(=O)c2sccc2Cl)CCC1. The molecule has 0 saturated heterocycles. The predicted octanol–water partition coefficient (Wildman–Crippen LogP) is 1.46. The maximum absolute atomic E-state index is 11.9. The van der Waals surface area contributed by atoms with Gasteiger partial charge in [0.05, 0.1) is 5.02 Å². The van der Waals surface area contributed by atoms with E-state index in [4.69, 9.17) is 16.7 Å². The molecule has 1 saturated carbocycles. The summed E-state index contributed by atoms with van der Waals surface area (Å²) >= 11 is 6.56. The molecule has 0 bridgehead atoms. The number of carboxylic acid groups (broad SMARTS) is 1. The number of halogens is 1. The zero-order valence-corrected chi connectivity index (χ0v) is 11.9. The van der Waals surface area contributed by atoms with Crippen molar-refractivity contribution in [1.29, 1.82) is 0 Å². The Labute approximate surface area is 118 Å². The minimum Gasteiger partial charge on any atom is -0.480 e. The average Bonchev–Trinajstić information content (AvgIpc) is 2.61. The molecular weight excluding hydrogens is 314 g/mol. The van der Waals surface area contributed by atoms with Crippen molar-refractivity contribution in [2.24, 2.45) is 5.41 Å². The Morgan fingerprint density at radius 3 is 2.42 bits per heavy atom. The van der Waals surface area contributed by atoms with Crippen molar-refractivity contribution >= 4 is 44.8 Å². The van der Waals surface area contributed by atoms with Crippen LogP contribution < -0.4 is 4.72 Å². The summed E-state index contributed by atoms with van der Waals surface area (Å²) in [5.41, 5.74) is -1.63. The number of carbonyl (C=O) groups is 2. The smallest absolute Gasteiger partial charge is 0.319 e. The van der Waals surface area contributed by atoms with Gasteiger partial charge in [-0.1, -0.05) is 18.0 Å². The molecule has 104 valence electrons. The normalized spacial score (nSPS) is 17.5. The minimum atomic E-state index is -4.12. The molecule has 2 N–H and O–H groups in total. The van der Waals surface area contributed by atoms with Crippen molar-refractivity contribution in [3.8, 4) is 0 Å². The fourth-order valence-corrected chi connectivity index (χ4v) is 4.55. The van der Waals surface area contributed by atoms with Gasteiger partial charge in [0.15, 0.2) is 4.21 Å². The number of nitrogens with one attached hydrogen (secondary N) is 1. The van der Waals surface area contributed by atoms with E-state index in [9.17, 15) is 18.0 Å². The van der Waals surface area contributed by atoms with E-state index in [-0.39, 0.29) is 22.1 Å². The third kappa shape index (κ3) is 2.35. The molecule has 0 atom stereocenters. The summed E-state index contributed by atoms with van der Waals surface area (Å²) in [4.78, 5) is 23.0. The Morgan fingerprint density at radius 2 is 2.05 bits per heavy atom. The van der Waals surface area contributed by atoms with Crippen LogP contribution in [0.2, 0.25) is 5.02 Å². The molecular formula is C10H10ClNO5S2. The summed E-state index contributed by atoms with van der Waals surface area (Å²) in [7, 11) is -4.12.